The Bertz CT molecular complexity index is 382. The molecule has 1 aromatic heterocycles. The molecule has 0 bridgehead atoms. The molecule has 1 heterocycles. The van der Waals surface area contributed by atoms with Crippen LogP contribution in [-0.2, 0) is 5.54 Å². The lowest BCUT2D eigenvalue weighted by molar-refractivity contribution is 0.109. The summed E-state index contributed by atoms with van der Waals surface area (Å²) >= 11 is 1.83. The molecule has 0 saturated heterocycles. The van der Waals surface area contributed by atoms with Gasteiger partial charge in [-0.15, -0.1) is 11.3 Å². The van der Waals surface area contributed by atoms with Crippen LogP contribution in [0.25, 0.3) is 0 Å². The summed E-state index contributed by atoms with van der Waals surface area (Å²) in [4.78, 5) is 1.38. The first-order chi connectivity index (χ1) is 7.93. The van der Waals surface area contributed by atoms with E-state index in [1.807, 2.05) is 11.3 Å². The molecule has 1 aliphatic rings. The molecular formula is C15H25NS. The van der Waals surface area contributed by atoms with Crippen LogP contribution in [-0.4, -0.2) is 0 Å². The second-order valence-corrected chi connectivity index (χ2v) is 7.34. The molecule has 1 fully saturated rings. The van der Waals surface area contributed by atoms with E-state index in [1.54, 1.807) is 0 Å². The van der Waals surface area contributed by atoms with E-state index in [0.29, 0.717) is 11.8 Å². The number of aryl methyl sites for hydroxylation is 1. The third-order valence-electron chi connectivity index (χ3n) is 4.39. The van der Waals surface area contributed by atoms with E-state index >= 15 is 0 Å². The minimum atomic E-state index is -0.0867. The quantitative estimate of drug-likeness (QED) is 0.833. The van der Waals surface area contributed by atoms with Gasteiger partial charge in [0, 0.05) is 10.4 Å². The van der Waals surface area contributed by atoms with Gasteiger partial charge in [-0.1, -0.05) is 27.2 Å². The fourth-order valence-electron chi connectivity index (χ4n) is 3.50. The van der Waals surface area contributed by atoms with Gasteiger partial charge in [0.25, 0.3) is 0 Å². The van der Waals surface area contributed by atoms with Crippen LogP contribution in [0.3, 0.4) is 0 Å². The van der Waals surface area contributed by atoms with Crippen molar-refractivity contribution >= 4 is 11.3 Å². The highest BCUT2D eigenvalue weighted by molar-refractivity contribution is 7.10. The molecule has 0 spiro atoms. The smallest absolute Gasteiger partial charge is 0.0451 e. The van der Waals surface area contributed by atoms with Gasteiger partial charge in [-0.3, -0.25) is 0 Å². The first kappa shape index (κ1) is 13.1. The Labute approximate surface area is 109 Å². The van der Waals surface area contributed by atoms with Crippen molar-refractivity contribution in [2.24, 2.45) is 23.5 Å². The van der Waals surface area contributed by atoms with Crippen LogP contribution in [0, 0.1) is 24.7 Å². The zero-order valence-electron chi connectivity index (χ0n) is 11.5. The predicted molar refractivity (Wildman–Crippen MR) is 76.3 cm³/mol. The Morgan fingerprint density at radius 3 is 2.65 bits per heavy atom. The molecule has 1 saturated carbocycles. The van der Waals surface area contributed by atoms with Crippen molar-refractivity contribution in [3.05, 3.63) is 21.9 Å². The first-order valence-electron chi connectivity index (χ1n) is 6.78. The van der Waals surface area contributed by atoms with Gasteiger partial charge in [0.15, 0.2) is 0 Å². The Morgan fingerprint density at radius 2 is 2.12 bits per heavy atom. The van der Waals surface area contributed by atoms with Crippen LogP contribution < -0.4 is 5.73 Å². The molecule has 96 valence electrons. The number of hydrogen-bond acceptors (Lipinski definition) is 2. The highest BCUT2D eigenvalue weighted by Gasteiger charge is 2.42. The summed E-state index contributed by atoms with van der Waals surface area (Å²) in [7, 11) is 0. The van der Waals surface area contributed by atoms with Gasteiger partial charge in [-0.05, 0) is 54.5 Å². The van der Waals surface area contributed by atoms with E-state index < -0.39 is 0 Å². The molecule has 2 rings (SSSR count). The van der Waals surface area contributed by atoms with Crippen LogP contribution in [0.4, 0.5) is 0 Å². The van der Waals surface area contributed by atoms with Gasteiger partial charge in [0.05, 0.1) is 0 Å². The van der Waals surface area contributed by atoms with E-state index in [4.69, 9.17) is 5.73 Å². The maximum atomic E-state index is 6.84. The minimum Gasteiger partial charge on any atom is -0.321 e. The summed E-state index contributed by atoms with van der Waals surface area (Å²) in [6, 6.07) is 2.30. The summed E-state index contributed by atoms with van der Waals surface area (Å²) in [6.07, 6.45) is 3.77. The van der Waals surface area contributed by atoms with Crippen molar-refractivity contribution < 1.29 is 0 Å². The lowest BCUT2D eigenvalue weighted by Crippen LogP contribution is -2.49. The second kappa shape index (κ2) is 4.74. The molecule has 0 aromatic carbocycles. The van der Waals surface area contributed by atoms with Crippen molar-refractivity contribution in [2.45, 2.75) is 52.5 Å². The van der Waals surface area contributed by atoms with Crippen LogP contribution >= 0.6 is 11.3 Å². The average molecular weight is 251 g/mol. The van der Waals surface area contributed by atoms with Crippen LogP contribution in [0.2, 0.25) is 0 Å². The molecule has 1 aromatic rings. The third-order valence-corrected chi connectivity index (χ3v) is 5.25. The maximum absolute atomic E-state index is 6.84. The van der Waals surface area contributed by atoms with E-state index in [2.05, 4.69) is 39.1 Å². The fourth-order valence-corrected chi connectivity index (χ4v) is 4.29. The number of thiophene rings is 1. The largest absolute Gasteiger partial charge is 0.321 e. The molecular weight excluding hydrogens is 226 g/mol. The van der Waals surface area contributed by atoms with E-state index in [1.165, 1.54) is 23.3 Å². The summed E-state index contributed by atoms with van der Waals surface area (Å²) in [5.74, 6) is 2.07. The summed E-state index contributed by atoms with van der Waals surface area (Å²) in [5.41, 5.74) is 8.13. The first-order valence-corrected chi connectivity index (χ1v) is 7.66. The zero-order chi connectivity index (χ0) is 12.6. The highest BCUT2D eigenvalue weighted by atomic mass is 32.1. The molecule has 1 nitrogen and oxygen atoms in total. The number of hydrogen-bond donors (Lipinski definition) is 1. The fraction of sp³-hybridized carbons (Fsp3) is 0.733. The molecule has 3 unspecified atom stereocenters. The Hall–Kier alpha value is -0.340. The topological polar surface area (TPSA) is 26.0 Å². The van der Waals surface area contributed by atoms with Gasteiger partial charge >= 0.3 is 0 Å². The van der Waals surface area contributed by atoms with Crippen LogP contribution in [0.5, 0.6) is 0 Å². The Balaban J connectivity index is 2.35. The molecule has 0 radical (unpaired) electrons. The molecule has 3 atom stereocenters. The summed E-state index contributed by atoms with van der Waals surface area (Å²) in [6.45, 7) is 9.16. The third kappa shape index (κ3) is 2.43. The Kier molecular flexibility index (Phi) is 3.65. The number of nitrogens with two attached hydrogens (primary N) is 1. The van der Waals surface area contributed by atoms with Crippen LogP contribution in [0.15, 0.2) is 11.4 Å². The molecule has 0 aliphatic heterocycles. The van der Waals surface area contributed by atoms with Crippen molar-refractivity contribution in [1.82, 2.24) is 0 Å². The molecule has 0 amide bonds. The van der Waals surface area contributed by atoms with Gasteiger partial charge in [-0.2, -0.15) is 0 Å². The lowest BCUT2D eigenvalue weighted by Gasteiger charge is -2.46. The molecule has 1 aliphatic carbocycles. The molecule has 2 N–H and O–H groups in total. The van der Waals surface area contributed by atoms with Gasteiger partial charge in [0.2, 0.25) is 0 Å². The van der Waals surface area contributed by atoms with Gasteiger partial charge in [0.1, 0.15) is 0 Å². The average Bonchev–Trinajstić information content (AvgIpc) is 2.64. The lowest BCUT2D eigenvalue weighted by atomic mass is 9.63. The van der Waals surface area contributed by atoms with E-state index in [-0.39, 0.29) is 5.54 Å². The van der Waals surface area contributed by atoms with E-state index in [9.17, 15) is 0 Å². The van der Waals surface area contributed by atoms with Gasteiger partial charge in [-0.25, -0.2) is 0 Å². The van der Waals surface area contributed by atoms with Crippen molar-refractivity contribution in [3.63, 3.8) is 0 Å². The van der Waals surface area contributed by atoms with Crippen LogP contribution in [0.1, 0.15) is 50.5 Å². The summed E-state index contributed by atoms with van der Waals surface area (Å²) in [5, 5.41) is 2.28. The minimum absolute atomic E-state index is 0.0867. The number of rotatable bonds is 2. The SMILES string of the molecule is Cc1cc(C2(N)CC(C)CCC2C(C)C)cs1. The maximum Gasteiger partial charge on any atom is 0.0451 e. The normalized spacial score (nSPS) is 34.2. The Morgan fingerprint density at radius 1 is 1.41 bits per heavy atom. The monoisotopic (exact) mass is 251 g/mol. The van der Waals surface area contributed by atoms with Crippen molar-refractivity contribution in [3.8, 4) is 0 Å². The predicted octanol–water partition coefficient (Wildman–Crippen LogP) is 4.30. The molecule has 17 heavy (non-hydrogen) atoms. The second-order valence-electron chi connectivity index (χ2n) is 6.22. The van der Waals surface area contributed by atoms with E-state index in [0.717, 1.165) is 12.3 Å². The highest BCUT2D eigenvalue weighted by Crippen LogP contribution is 2.46. The van der Waals surface area contributed by atoms with Gasteiger partial charge < -0.3 is 5.73 Å². The standard InChI is InChI=1S/C15H25NS/c1-10(2)14-6-5-11(3)8-15(14,16)13-7-12(4)17-9-13/h7,9-11,14H,5-6,8,16H2,1-4H3. The zero-order valence-corrected chi connectivity index (χ0v) is 12.3. The van der Waals surface area contributed by atoms with Crippen molar-refractivity contribution in [2.75, 3.05) is 0 Å². The van der Waals surface area contributed by atoms with Crippen molar-refractivity contribution in [1.29, 1.82) is 0 Å². The molecule has 2 heteroatoms. The summed E-state index contributed by atoms with van der Waals surface area (Å²) < 4.78 is 0.